The molecule has 0 radical (unpaired) electrons. The van der Waals surface area contributed by atoms with E-state index in [9.17, 15) is 9.90 Å². The van der Waals surface area contributed by atoms with Gasteiger partial charge in [0.2, 0.25) is 0 Å². The normalized spacial score (nSPS) is 10.9. The second kappa shape index (κ2) is 5.68. The molecular formula is C13H20N2O2. The lowest BCUT2D eigenvalue weighted by Gasteiger charge is -2.29. The van der Waals surface area contributed by atoms with Crippen molar-refractivity contribution in [3.05, 3.63) is 29.8 Å². The van der Waals surface area contributed by atoms with Crippen LogP contribution in [0.25, 0.3) is 0 Å². The first-order valence-corrected chi connectivity index (χ1v) is 5.80. The number of phenolic OH excluding ortho intramolecular Hbond substituents is 1. The van der Waals surface area contributed by atoms with Crippen LogP contribution in [0.5, 0.6) is 5.75 Å². The SMILES string of the molecule is CC(C)NN(C(=O)c1ccc(O)cc1)C(C)C. The molecule has 4 nitrogen and oxygen atoms in total. The Morgan fingerprint density at radius 3 is 2.12 bits per heavy atom. The van der Waals surface area contributed by atoms with Gasteiger partial charge in [0.05, 0.1) is 0 Å². The number of hydrogen-bond acceptors (Lipinski definition) is 3. The van der Waals surface area contributed by atoms with E-state index in [1.807, 2.05) is 27.7 Å². The lowest BCUT2D eigenvalue weighted by Crippen LogP contribution is -2.50. The van der Waals surface area contributed by atoms with Crippen molar-refractivity contribution in [2.75, 3.05) is 0 Å². The molecule has 0 heterocycles. The third-order valence-corrected chi connectivity index (χ3v) is 2.25. The van der Waals surface area contributed by atoms with Gasteiger partial charge in [0, 0.05) is 17.6 Å². The van der Waals surface area contributed by atoms with Gasteiger partial charge >= 0.3 is 0 Å². The fourth-order valence-electron chi connectivity index (χ4n) is 1.46. The Morgan fingerprint density at radius 1 is 1.18 bits per heavy atom. The highest BCUT2D eigenvalue weighted by atomic mass is 16.3. The zero-order valence-electron chi connectivity index (χ0n) is 10.8. The molecule has 17 heavy (non-hydrogen) atoms. The predicted molar refractivity (Wildman–Crippen MR) is 67.7 cm³/mol. The first-order valence-electron chi connectivity index (χ1n) is 5.80. The van der Waals surface area contributed by atoms with E-state index >= 15 is 0 Å². The van der Waals surface area contributed by atoms with Gasteiger partial charge in [0.1, 0.15) is 5.75 Å². The molecule has 4 heteroatoms. The van der Waals surface area contributed by atoms with Gasteiger partial charge in [-0.15, -0.1) is 0 Å². The standard InChI is InChI=1S/C13H20N2O2/c1-9(2)14-15(10(3)4)13(17)11-5-7-12(16)8-6-11/h5-10,14,16H,1-4H3. The molecule has 0 unspecified atom stereocenters. The Balaban J connectivity index is 2.88. The van der Waals surface area contributed by atoms with Crippen LogP contribution in [0.4, 0.5) is 0 Å². The average Bonchev–Trinajstić information content (AvgIpc) is 2.25. The highest BCUT2D eigenvalue weighted by Gasteiger charge is 2.19. The lowest BCUT2D eigenvalue weighted by molar-refractivity contribution is 0.0550. The highest BCUT2D eigenvalue weighted by molar-refractivity contribution is 5.94. The number of rotatable bonds is 4. The van der Waals surface area contributed by atoms with Crippen molar-refractivity contribution in [3.63, 3.8) is 0 Å². The number of hydrogen-bond donors (Lipinski definition) is 2. The van der Waals surface area contributed by atoms with Crippen LogP contribution in [0.1, 0.15) is 38.1 Å². The zero-order valence-corrected chi connectivity index (χ0v) is 10.8. The fraction of sp³-hybridized carbons (Fsp3) is 0.462. The summed E-state index contributed by atoms with van der Waals surface area (Å²) in [7, 11) is 0. The van der Waals surface area contributed by atoms with Crippen LogP contribution < -0.4 is 5.43 Å². The third-order valence-electron chi connectivity index (χ3n) is 2.25. The number of benzene rings is 1. The number of carbonyl (C=O) groups is 1. The van der Waals surface area contributed by atoms with Crippen molar-refractivity contribution >= 4 is 5.91 Å². The van der Waals surface area contributed by atoms with Gasteiger partial charge in [-0.3, -0.25) is 9.80 Å². The van der Waals surface area contributed by atoms with Crippen molar-refractivity contribution in [2.24, 2.45) is 0 Å². The second-order valence-corrected chi connectivity index (χ2v) is 4.60. The summed E-state index contributed by atoms with van der Waals surface area (Å²) in [5, 5.41) is 10.8. The summed E-state index contributed by atoms with van der Waals surface area (Å²) in [6, 6.07) is 6.53. The van der Waals surface area contributed by atoms with E-state index in [-0.39, 0.29) is 23.7 Å². The Labute approximate surface area is 102 Å². The maximum Gasteiger partial charge on any atom is 0.268 e. The molecule has 0 aromatic heterocycles. The van der Waals surface area contributed by atoms with Gasteiger partial charge in [0.25, 0.3) is 5.91 Å². The van der Waals surface area contributed by atoms with Gasteiger partial charge in [-0.2, -0.15) is 0 Å². The average molecular weight is 236 g/mol. The van der Waals surface area contributed by atoms with Crippen LogP contribution in [-0.2, 0) is 0 Å². The molecule has 0 atom stereocenters. The van der Waals surface area contributed by atoms with Crippen LogP contribution in [0.2, 0.25) is 0 Å². The number of phenols is 1. The number of nitrogens with zero attached hydrogens (tertiary/aromatic N) is 1. The molecule has 1 aromatic rings. The predicted octanol–water partition coefficient (Wildman–Crippen LogP) is 2.16. The maximum absolute atomic E-state index is 12.2. The molecule has 1 aromatic carbocycles. The smallest absolute Gasteiger partial charge is 0.268 e. The van der Waals surface area contributed by atoms with Crippen LogP contribution >= 0.6 is 0 Å². The molecule has 2 N–H and O–H groups in total. The first kappa shape index (κ1) is 13.5. The largest absolute Gasteiger partial charge is 0.508 e. The maximum atomic E-state index is 12.2. The summed E-state index contributed by atoms with van der Waals surface area (Å²) in [6.07, 6.45) is 0. The molecule has 0 bridgehead atoms. The lowest BCUT2D eigenvalue weighted by atomic mass is 10.2. The number of aromatic hydroxyl groups is 1. The monoisotopic (exact) mass is 236 g/mol. The van der Waals surface area contributed by atoms with Crippen molar-refractivity contribution in [1.82, 2.24) is 10.4 Å². The van der Waals surface area contributed by atoms with Crippen LogP contribution in [0.15, 0.2) is 24.3 Å². The fourth-order valence-corrected chi connectivity index (χ4v) is 1.46. The molecule has 0 aliphatic heterocycles. The van der Waals surface area contributed by atoms with Crippen molar-refractivity contribution in [3.8, 4) is 5.75 Å². The van der Waals surface area contributed by atoms with Gasteiger partial charge in [-0.05, 0) is 52.0 Å². The summed E-state index contributed by atoms with van der Waals surface area (Å²) in [4.78, 5) is 12.2. The second-order valence-electron chi connectivity index (χ2n) is 4.60. The van der Waals surface area contributed by atoms with E-state index < -0.39 is 0 Å². The zero-order chi connectivity index (χ0) is 13.0. The van der Waals surface area contributed by atoms with Crippen LogP contribution in [0.3, 0.4) is 0 Å². The van der Waals surface area contributed by atoms with E-state index in [0.29, 0.717) is 5.56 Å². The Hall–Kier alpha value is -1.55. The summed E-state index contributed by atoms with van der Waals surface area (Å²) < 4.78 is 0. The molecule has 0 saturated heterocycles. The first-order chi connectivity index (χ1) is 7.91. The highest BCUT2D eigenvalue weighted by Crippen LogP contribution is 2.12. The summed E-state index contributed by atoms with van der Waals surface area (Å²) in [5.74, 6) is 0.0724. The molecule has 94 valence electrons. The minimum absolute atomic E-state index is 0.0682. The summed E-state index contributed by atoms with van der Waals surface area (Å²) >= 11 is 0. The number of amides is 1. The van der Waals surface area contributed by atoms with Crippen LogP contribution in [0, 0.1) is 0 Å². The van der Waals surface area contributed by atoms with E-state index in [2.05, 4.69) is 5.43 Å². The summed E-state index contributed by atoms with van der Waals surface area (Å²) in [5.41, 5.74) is 3.67. The Kier molecular flexibility index (Phi) is 4.52. The van der Waals surface area contributed by atoms with Gasteiger partial charge in [-0.1, -0.05) is 0 Å². The van der Waals surface area contributed by atoms with Gasteiger partial charge < -0.3 is 5.11 Å². The quantitative estimate of drug-likeness (QED) is 0.788. The molecule has 0 spiro atoms. The van der Waals surface area contributed by atoms with E-state index in [1.54, 1.807) is 17.1 Å². The van der Waals surface area contributed by atoms with Crippen LogP contribution in [-0.4, -0.2) is 28.1 Å². The van der Waals surface area contributed by atoms with Crippen molar-refractivity contribution in [2.45, 2.75) is 39.8 Å². The van der Waals surface area contributed by atoms with E-state index in [1.165, 1.54) is 12.1 Å². The van der Waals surface area contributed by atoms with E-state index in [4.69, 9.17) is 0 Å². The molecule has 0 saturated carbocycles. The Bertz CT molecular complexity index is 372. The number of hydrazine groups is 1. The van der Waals surface area contributed by atoms with Gasteiger partial charge in [-0.25, -0.2) is 5.43 Å². The third kappa shape index (κ3) is 3.75. The molecule has 0 fully saturated rings. The Morgan fingerprint density at radius 2 is 1.71 bits per heavy atom. The minimum atomic E-state index is -0.0892. The number of nitrogens with one attached hydrogen (secondary N) is 1. The molecule has 0 aliphatic carbocycles. The minimum Gasteiger partial charge on any atom is -0.508 e. The molecule has 1 amide bonds. The van der Waals surface area contributed by atoms with Crippen molar-refractivity contribution in [1.29, 1.82) is 0 Å². The van der Waals surface area contributed by atoms with Gasteiger partial charge in [0.15, 0.2) is 0 Å². The molecule has 1 rings (SSSR count). The summed E-state index contributed by atoms with van der Waals surface area (Å²) in [6.45, 7) is 7.88. The topological polar surface area (TPSA) is 52.6 Å². The van der Waals surface area contributed by atoms with E-state index in [0.717, 1.165) is 0 Å². The van der Waals surface area contributed by atoms with Crippen molar-refractivity contribution < 1.29 is 9.90 Å². The molecular weight excluding hydrogens is 216 g/mol. The molecule has 0 aliphatic rings. The number of carbonyl (C=O) groups excluding carboxylic acids is 1.